The molecule has 0 bridgehead atoms. The molecule has 3 rings (SSSR count). The first-order valence-electron chi connectivity index (χ1n) is 8.06. The third-order valence-electron chi connectivity index (χ3n) is 4.07. The summed E-state index contributed by atoms with van der Waals surface area (Å²) in [4.78, 5) is 25.7. The number of benzene rings is 2. The second-order valence-corrected chi connectivity index (χ2v) is 7.61. The fraction of sp³-hybridized carbons (Fsp3) is 0.118. The Hall–Kier alpha value is -3.67. The van der Waals surface area contributed by atoms with E-state index in [-0.39, 0.29) is 10.8 Å². The fourth-order valence-corrected chi connectivity index (χ4v) is 4.00. The van der Waals surface area contributed by atoms with Crippen LogP contribution < -0.4 is 14.8 Å². The standard InChI is InChI=1S/C17H15FN4O6S/c18-16-12-2-1-9(11(5-19)6-20-7-15(25)26)3-10(12)4-13(23)17(16)22-8-14(24)21-29(22,27)28/h1-6,23H,7-8,19H2,(H,21,24)(H,25,26). The van der Waals surface area contributed by atoms with E-state index in [2.05, 4.69) is 4.99 Å². The summed E-state index contributed by atoms with van der Waals surface area (Å²) in [5.41, 5.74) is 5.72. The van der Waals surface area contributed by atoms with Crippen molar-refractivity contribution in [2.24, 2.45) is 10.7 Å². The van der Waals surface area contributed by atoms with Crippen molar-refractivity contribution in [1.82, 2.24) is 4.72 Å². The monoisotopic (exact) mass is 422 g/mol. The lowest BCUT2D eigenvalue weighted by molar-refractivity contribution is -0.135. The van der Waals surface area contributed by atoms with Gasteiger partial charge in [0, 0.05) is 23.4 Å². The van der Waals surface area contributed by atoms with Gasteiger partial charge < -0.3 is 15.9 Å². The van der Waals surface area contributed by atoms with Crippen LogP contribution >= 0.6 is 0 Å². The maximum absolute atomic E-state index is 15.0. The van der Waals surface area contributed by atoms with Gasteiger partial charge in [-0.25, -0.2) is 13.4 Å². The number of aromatic hydroxyl groups is 1. The SMILES string of the molecule is NC=C(C=NCC(=O)O)c1ccc2c(F)c(N3CC(=O)NS3(=O)=O)c(O)cc2c1. The third-order valence-corrected chi connectivity index (χ3v) is 5.45. The molecule has 1 amide bonds. The summed E-state index contributed by atoms with van der Waals surface area (Å²) in [5, 5.41) is 19.1. The number of nitrogens with one attached hydrogen (secondary N) is 1. The van der Waals surface area contributed by atoms with Gasteiger partial charge in [-0.3, -0.25) is 14.6 Å². The zero-order chi connectivity index (χ0) is 21.3. The largest absolute Gasteiger partial charge is 0.506 e. The van der Waals surface area contributed by atoms with Gasteiger partial charge in [0.05, 0.1) is 0 Å². The minimum atomic E-state index is -4.30. The number of phenolic OH excluding ortho intramolecular Hbond substituents is 1. The molecule has 12 heteroatoms. The van der Waals surface area contributed by atoms with Crippen molar-refractivity contribution in [3.05, 3.63) is 41.8 Å². The van der Waals surface area contributed by atoms with E-state index in [0.717, 1.165) is 6.07 Å². The number of anilines is 1. The molecule has 1 saturated heterocycles. The molecule has 0 saturated carbocycles. The van der Waals surface area contributed by atoms with Crippen LogP contribution in [0, 0.1) is 5.82 Å². The highest BCUT2D eigenvalue weighted by atomic mass is 32.2. The average molecular weight is 422 g/mol. The van der Waals surface area contributed by atoms with Crippen LogP contribution in [0.4, 0.5) is 10.1 Å². The Balaban J connectivity index is 2.07. The number of carbonyl (C=O) groups excluding carboxylic acids is 1. The lowest BCUT2D eigenvalue weighted by Crippen LogP contribution is -2.30. The number of aliphatic carboxylic acids is 1. The van der Waals surface area contributed by atoms with Crippen molar-refractivity contribution >= 4 is 50.3 Å². The second kappa shape index (κ2) is 7.39. The first kappa shape index (κ1) is 20.1. The number of nitrogens with zero attached hydrogens (tertiary/aromatic N) is 2. The first-order chi connectivity index (χ1) is 13.6. The summed E-state index contributed by atoms with van der Waals surface area (Å²) >= 11 is 0. The van der Waals surface area contributed by atoms with E-state index in [1.54, 1.807) is 4.72 Å². The van der Waals surface area contributed by atoms with Crippen molar-refractivity contribution in [1.29, 1.82) is 0 Å². The summed E-state index contributed by atoms with van der Waals surface area (Å²) in [6.45, 7) is -1.11. The maximum Gasteiger partial charge on any atom is 0.326 e. The topological polar surface area (TPSA) is 162 Å². The van der Waals surface area contributed by atoms with Gasteiger partial charge in [-0.2, -0.15) is 8.42 Å². The molecule has 0 unspecified atom stereocenters. The predicted octanol–water partition coefficient (Wildman–Crippen LogP) is 0.320. The molecule has 0 aromatic heterocycles. The van der Waals surface area contributed by atoms with Crippen molar-refractivity contribution in [2.45, 2.75) is 0 Å². The lowest BCUT2D eigenvalue weighted by Gasteiger charge is -2.18. The molecule has 0 radical (unpaired) electrons. The van der Waals surface area contributed by atoms with Gasteiger partial charge in [0.2, 0.25) is 0 Å². The minimum Gasteiger partial charge on any atom is -0.506 e. The molecule has 1 aliphatic rings. The highest BCUT2D eigenvalue weighted by Gasteiger charge is 2.37. The van der Waals surface area contributed by atoms with E-state index in [1.807, 2.05) is 0 Å². The summed E-state index contributed by atoms with van der Waals surface area (Å²) in [7, 11) is -4.30. The molecule has 1 fully saturated rings. The van der Waals surface area contributed by atoms with Gasteiger partial charge in [-0.15, -0.1) is 0 Å². The van der Waals surface area contributed by atoms with Crippen molar-refractivity contribution in [2.75, 3.05) is 17.4 Å². The van der Waals surface area contributed by atoms with Crippen LogP contribution in [0.1, 0.15) is 5.56 Å². The number of halogens is 1. The highest BCUT2D eigenvalue weighted by Crippen LogP contribution is 2.38. The molecule has 29 heavy (non-hydrogen) atoms. The Kier molecular flexibility index (Phi) is 5.12. The molecular formula is C17H15FN4O6S. The molecule has 10 nitrogen and oxygen atoms in total. The number of carboxylic acids is 1. The molecule has 0 spiro atoms. The van der Waals surface area contributed by atoms with Gasteiger partial charge in [-0.1, -0.05) is 12.1 Å². The molecule has 0 atom stereocenters. The molecule has 1 heterocycles. The Morgan fingerprint density at radius 3 is 2.69 bits per heavy atom. The second-order valence-electron chi connectivity index (χ2n) is 6.02. The molecule has 2 aromatic rings. The van der Waals surface area contributed by atoms with Crippen LogP contribution in [0.25, 0.3) is 16.3 Å². The summed E-state index contributed by atoms with van der Waals surface area (Å²) in [6.07, 6.45) is 2.43. The van der Waals surface area contributed by atoms with Gasteiger partial charge >= 0.3 is 16.2 Å². The summed E-state index contributed by atoms with van der Waals surface area (Å²) in [5.74, 6) is -3.67. The maximum atomic E-state index is 15.0. The first-order valence-corrected chi connectivity index (χ1v) is 9.50. The Morgan fingerprint density at radius 2 is 2.10 bits per heavy atom. The van der Waals surface area contributed by atoms with E-state index in [1.165, 1.54) is 30.6 Å². The Labute approximate surface area is 163 Å². The number of carboxylic acid groups (broad SMARTS) is 1. The van der Waals surface area contributed by atoms with Crippen molar-refractivity contribution in [3.63, 3.8) is 0 Å². The molecule has 0 aliphatic carbocycles. The van der Waals surface area contributed by atoms with Crippen LogP contribution in [0.3, 0.4) is 0 Å². The number of fused-ring (bicyclic) bond motifs is 1. The van der Waals surface area contributed by atoms with Crippen LogP contribution in [-0.4, -0.2) is 49.8 Å². The van der Waals surface area contributed by atoms with E-state index in [0.29, 0.717) is 15.4 Å². The van der Waals surface area contributed by atoms with Gasteiger partial charge in [-0.05, 0) is 23.1 Å². The van der Waals surface area contributed by atoms with Crippen LogP contribution in [-0.2, 0) is 19.8 Å². The summed E-state index contributed by atoms with van der Waals surface area (Å²) < 4.78 is 41.1. The van der Waals surface area contributed by atoms with Gasteiger partial charge in [0.25, 0.3) is 5.91 Å². The van der Waals surface area contributed by atoms with Crippen molar-refractivity contribution in [3.8, 4) is 5.75 Å². The van der Waals surface area contributed by atoms with E-state index >= 15 is 4.39 Å². The van der Waals surface area contributed by atoms with Crippen LogP contribution in [0.2, 0.25) is 0 Å². The molecule has 152 valence electrons. The Bertz CT molecular complexity index is 1190. The predicted molar refractivity (Wildman–Crippen MR) is 103 cm³/mol. The zero-order valence-corrected chi connectivity index (χ0v) is 15.5. The average Bonchev–Trinajstić information content (AvgIpc) is 2.90. The number of allylic oxidation sites excluding steroid dienone is 1. The molecule has 5 N–H and O–H groups in total. The number of carbonyl (C=O) groups is 2. The smallest absolute Gasteiger partial charge is 0.326 e. The number of hydrogen-bond donors (Lipinski definition) is 4. The van der Waals surface area contributed by atoms with E-state index in [4.69, 9.17) is 10.8 Å². The molecular weight excluding hydrogens is 407 g/mol. The van der Waals surface area contributed by atoms with E-state index in [9.17, 15) is 23.1 Å². The molecule has 2 aromatic carbocycles. The Morgan fingerprint density at radius 1 is 1.38 bits per heavy atom. The fourth-order valence-electron chi connectivity index (χ4n) is 2.84. The number of amides is 1. The van der Waals surface area contributed by atoms with Crippen LogP contribution in [0.15, 0.2) is 35.5 Å². The van der Waals surface area contributed by atoms with E-state index < -0.39 is 52.4 Å². The molecule has 1 aliphatic heterocycles. The van der Waals surface area contributed by atoms with Gasteiger partial charge in [0.15, 0.2) is 5.82 Å². The third kappa shape index (κ3) is 3.82. The number of phenols is 1. The minimum absolute atomic E-state index is 0.00468. The number of rotatable bonds is 5. The lowest BCUT2D eigenvalue weighted by atomic mass is 10.0. The quantitative estimate of drug-likeness (QED) is 0.504. The van der Waals surface area contributed by atoms with Gasteiger partial charge in [0.1, 0.15) is 24.5 Å². The number of hydrogen-bond acceptors (Lipinski definition) is 7. The zero-order valence-electron chi connectivity index (χ0n) is 14.7. The van der Waals surface area contributed by atoms with Crippen molar-refractivity contribution < 1.29 is 32.6 Å². The highest BCUT2D eigenvalue weighted by molar-refractivity contribution is 7.92. The van der Waals surface area contributed by atoms with Crippen LogP contribution in [0.5, 0.6) is 5.75 Å². The number of nitrogens with two attached hydrogens (primary N) is 1. The number of aliphatic imine (C=N–C) groups is 1. The normalized spacial score (nSPS) is 16.5. The summed E-state index contributed by atoms with van der Waals surface area (Å²) in [6, 6.07) is 5.43.